The lowest BCUT2D eigenvalue weighted by Crippen LogP contribution is -2.17. The first kappa shape index (κ1) is 14.8. The molecule has 0 fully saturated rings. The average Bonchev–Trinajstić information content (AvgIpc) is 2.53. The van der Waals surface area contributed by atoms with Gasteiger partial charge in [0.25, 0.3) is 5.91 Å². The number of ether oxygens (including phenoxy) is 2. The number of hydrogen-bond acceptors (Lipinski definition) is 4. The first-order chi connectivity index (χ1) is 10.2. The summed E-state index contributed by atoms with van der Waals surface area (Å²) in [5.41, 5.74) is 1.33. The normalized spacial score (nSPS) is 10.0. The number of rotatable bonds is 6. The van der Waals surface area contributed by atoms with E-state index in [9.17, 15) is 4.79 Å². The predicted molar refractivity (Wildman–Crippen MR) is 79.6 cm³/mol. The van der Waals surface area contributed by atoms with Crippen LogP contribution >= 0.6 is 0 Å². The molecule has 2 rings (SSSR count). The molecule has 1 amide bonds. The molecule has 0 unspecified atom stereocenters. The zero-order valence-corrected chi connectivity index (χ0v) is 12.1. The Balaban J connectivity index is 2.02. The van der Waals surface area contributed by atoms with Crippen LogP contribution in [0.3, 0.4) is 0 Å². The van der Waals surface area contributed by atoms with E-state index in [0.29, 0.717) is 30.4 Å². The van der Waals surface area contributed by atoms with Crippen LogP contribution in [0.4, 0.5) is 0 Å². The van der Waals surface area contributed by atoms with Gasteiger partial charge in [0.1, 0.15) is 12.4 Å². The summed E-state index contributed by atoms with van der Waals surface area (Å²) in [6, 6.07) is 12.6. The summed E-state index contributed by atoms with van der Waals surface area (Å²) in [6.45, 7) is 2.80. The summed E-state index contributed by atoms with van der Waals surface area (Å²) in [5, 5.41) is 2.58. The number of carbonyl (C=O) groups excluding carboxylic acids is 1. The second-order valence-electron chi connectivity index (χ2n) is 4.30. The van der Waals surface area contributed by atoms with Crippen LogP contribution in [-0.2, 0) is 6.61 Å². The van der Waals surface area contributed by atoms with Crippen molar-refractivity contribution in [1.82, 2.24) is 10.3 Å². The molecule has 1 aromatic heterocycles. The van der Waals surface area contributed by atoms with Crippen molar-refractivity contribution < 1.29 is 14.3 Å². The minimum absolute atomic E-state index is 0.142. The number of hydrogen-bond donors (Lipinski definition) is 1. The summed E-state index contributed by atoms with van der Waals surface area (Å²) in [6.07, 6.45) is 0. The van der Waals surface area contributed by atoms with E-state index in [1.165, 1.54) is 0 Å². The van der Waals surface area contributed by atoms with Crippen molar-refractivity contribution in [2.75, 3.05) is 13.7 Å². The Bertz CT molecular complexity index is 614. The van der Waals surface area contributed by atoms with Crippen LogP contribution in [0.2, 0.25) is 0 Å². The van der Waals surface area contributed by atoms with Crippen LogP contribution < -0.4 is 14.8 Å². The molecule has 1 aromatic carbocycles. The minimum atomic E-state index is -0.142. The summed E-state index contributed by atoms with van der Waals surface area (Å²) < 4.78 is 11.0. The second kappa shape index (κ2) is 7.28. The zero-order valence-electron chi connectivity index (χ0n) is 12.1. The van der Waals surface area contributed by atoms with Gasteiger partial charge in [0.05, 0.1) is 12.3 Å². The molecule has 21 heavy (non-hydrogen) atoms. The molecule has 0 aliphatic carbocycles. The van der Waals surface area contributed by atoms with E-state index in [-0.39, 0.29) is 5.91 Å². The highest BCUT2D eigenvalue weighted by Crippen LogP contribution is 2.15. The van der Waals surface area contributed by atoms with E-state index in [1.807, 2.05) is 19.1 Å². The van der Waals surface area contributed by atoms with Crippen LogP contribution in [0.5, 0.6) is 11.6 Å². The van der Waals surface area contributed by atoms with Crippen molar-refractivity contribution in [1.29, 1.82) is 0 Å². The predicted octanol–water partition coefficient (Wildman–Crippen LogP) is 2.42. The lowest BCUT2D eigenvalue weighted by atomic mass is 10.2. The maximum Gasteiger partial charge on any atom is 0.251 e. The monoisotopic (exact) mass is 286 g/mol. The smallest absolute Gasteiger partial charge is 0.251 e. The first-order valence-electron chi connectivity index (χ1n) is 6.76. The van der Waals surface area contributed by atoms with Crippen molar-refractivity contribution in [3.05, 3.63) is 53.7 Å². The van der Waals surface area contributed by atoms with Crippen molar-refractivity contribution in [3.63, 3.8) is 0 Å². The SMILES string of the molecule is CCOc1cccc(COc2cccc(C(=O)NC)c2)n1. The van der Waals surface area contributed by atoms with Gasteiger partial charge in [-0.15, -0.1) is 0 Å². The maximum atomic E-state index is 11.6. The zero-order chi connectivity index (χ0) is 15.1. The number of nitrogens with one attached hydrogen (secondary N) is 1. The van der Waals surface area contributed by atoms with E-state index >= 15 is 0 Å². The quantitative estimate of drug-likeness (QED) is 0.886. The highest BCUT2D eigenvalue weighted by Gasteiger charge is 2.05. The molecule has 110 valence electrons. The molecule has 0 spiro atoms. The van der Waals surface area contributed by atoms with Crippen LogP contribution in [0.25, 0.3) is 0 Å². The summed E-state index contributed by atoms with van der Waals surface area (Å²) >= 11 is 0. The molecular formula is C16H18N2O3. The third kappa shape index (κ3) is 4.21. The highest BCUT2D eigenvalue weighted by molar-refractivity contribution is 5.94. The topological polar surface area (TPSA) is 60.5 Å². The fraction of sp³-hybridized carbons (Fsp3) is 0.250. The van der Waals surface area contributed by atoms with E-state index in [4.69, 9.17) is 9.47 Å². The van der Waals surface area contributed by atoms with Crippen molar-refractivity contribution >= 4 is 5.91 Å². The fourth-order valence-corrected chi connectivity index (χ4v) is 1.79. The van der Waals surface area contributed by atoms with Crippen molar-refractivity contribution in [3.8, 4) is 11.6 Å². The minimum Gasteiger partial charge on any atom is -0.487 e. The molecule has 5 heteroatoms. The molecule has 5 nitrogen and oxygen atoms in total. The molecule has 0 atom stereocenters. The number of amides is 1. The Hall–Kier alpha value is -2.56. The molecule has 1 N–H and O–H groups in total. The summed E-state index contributed by atoms with van der Waals surface area (Å²) in [7, 11) is 1.60. The van der Waals surface area contributed by atoms with E-state index in [2.05, 4.69) is 10.3 Å². The number of pyridine rings is 1. The summed E-state index contributed by atoms with van der Waals surface area (Å²) in [4.78, 5) is 15.9. The van der Waals surface area contributed by atoms with Crippen molar-refractivity contribution in [2.24, 2.45) is 0 Å². The third-order valence-electron chi connectivity index (χ3n) is 2.78. The van der Waals surface area contributed by atoms with Crippen molar-refractivity contribution in [2.45, 2.75) is 13.5 Å². The average molecular weight is 286 g/mol. The van der Waals surface area contributed by atoms with Gasteiger partial charge in [0.15, 0.2) is 0 Å². The standard InChI is InChI=1S/C16H18N2O3/c1-3-20-15-9-5-7-13(18-15)11-21-14-8-4-6-12(10-14)16(19)17-2/h4-10H,3,11H2,1-2H3,(H,17,19). The molecule has 0 radical (unpaired) electrons. The van der Waals surface area contributed by atoms with Gasteiger partial charge in [-0.05, 0) is 31.2 Å². The van der Waals surface area contributed by atoms with Crippen LogP contribution in [0, 0.1) is 0 Å². The lowest BCUT2D eigenvalue weighted by molar-refractivity contribution is 0.0962. The fourth-order valence-electron chi connectivity index (χ4n) is 1.79. The summed E-state index contributed by atoms with van der Waals surface area (Å²) in [5.74, 6) is 1.06. The Morgan fingerprint density at radius 2 is 2.00 bits per heavy atom. The molecule has 0 saturated carbocycles. The van der Waals surface area contributed by atoms with Crippen LogP contribution in [0.1, 0.15) is 23.0 Å². The van der Waals surface area contributed by atoms with E-state index in [0.717, 1.165) is 5.69 Å². The van der Waals surface area contributed by atoms with Gasteiger partial charge >= 0.3 is 0 Å². The largest absolute Gasteiger partial charge is 0.487 e. The number of nitrogens with zero attached hydrogens (tertiary/aromatic N) is 1. The molecule has 0 bridgehead atoms. The molecule has 2 aromatic rings. The van der Waals surface area contributed by atoms with Crippen LogP contribution in [0.15, 0.2) is 42.5 Å². The van der Waals surface area contributed by atoms with Gasteiger partial charge in [-0.1, -0.05) is 12.1 Å². The Morgan fingerprint density at radius 3 is 2.76 bits per heavy atom. The molecular weight excluding hydrogens is 268 g/mol. The lowest BCUT2D eigenvalue weighted by Gasteiger charge is -2.08. The molecule has 0 aliphatic rings. The number of carbonyl (C=O) groups is 1. The molecule has 1 heterocycles. The Labute approximate surface area is 123 Å². The number of aromatic nitrogens is 1. The second-order valence-corrected chi connectivity index (χ2v) is 4.30. The molecule has 0 aliphatic heterocycles. The Morgan fingerprint density at radius 1 is 1.19 bits per heavy atom. The van der Waals surface area contributed by atoms with E-state index in [1.54, 1.807) is 37.4 Å². The molecule has 0 saturated heterocycles. The van der Waals surface area contributed by atoms with Gasteiger partial charge in [0, 0.05) is 18.7 Å². The maximum absolute atomic E-state index is 11.6. The first-order valence-corrected chi connectivity index (χ1v) is 6.76. The third-order valence-corrected chi connectivity index (χ3v) is 2.78. The van der Waals surface area contributed by atoms with Crippen LogP contribution in [-0.4, -0.2) is 24.5 Å². The van der Waals surface area contributed by atoms with Gasteiger partial charge in [0.2, 0.25) is 5.88 Å². The highest BCUT2D eigenvalue weighted by atomic mass is 16.5. The van der Waals surface area contributed by atoms with Gasteiger partial charge < -0.3 is 14.8 Å². The van der Waals surface area contributed by atoms with Gasteiger partial charge in [-0.25, -0.2) is 4.98 Å². The van der Waals surface area contributed by atoms with Gasteiger partial charge in [-0.3, -0.25) is 4.79 Å². The van der Waals surface area contributed by atoms with E-state index < -0.39 is 0 Å². The van der Waals surface area contributed by atoms with Gasteiger partial charge in [-0.2, -0.15) is 0 Å². The number of benzene rings is 1. The Kier molecular flexibility index (Phi) is 5.15.